The van der Waals surface area contributed by atoms with Gasteiger partial charge in [0.05, 0.1) is 28.6 Å². The molecular formula is C20H20N6O4S2. The zero-order valence-electron chi connectivity index (χ0n) is 17.3. The molecule has 166 valence electrons. The summed E-state index contributed by atoms with van der Waals surface area (Å²) in [5.41, 5.74) is 3.95. The topological polar surface area (TPSA) is 126 Å². The highest BCUT2D eigenvalue weighted by molar-refractivity contribution is 7.92. The summed E-state index contributed by atoms with van der Waals surface area (Å²) in [6.07, 6.45) is 4.08. The van der Waals surface area contributed by atoms with Gasteiger partial charge in [-0.3, -0.25) is 4.72 Å². The number of hydrogen-bond acceptors (Lipinski definition) is 9. The molecule has 1 unspecified atom stereocenters. The maximum Gasteiger partial charge on any atom is 0.416 e. The van der Waals surface area contributed by atoms with Gasteiger partial charge in [0.1, 0.15) is 6.61 Å². The van der Waals surface area contributed by atoms with Gasteiger partial charge in [-0.1, -0.05) is 11.3 Å². The molecule has 32 heavy (non-hydrogen) atoms. The second-order valence-corrected chi connectivity index (χ2v) is 10.4. The van der Waals surface area contributed by atoms with Crippen molar-refractivity contribution < 1.29 is 17.9 Å². The summed E-state index contributed by atoms with van der Waals surface area (Å²) in [4.78, 5) is 28.4. The first-order valence-corrected chi connectivity index (χ1v) is 12.6. The lowest BCUT2D eigenvalue weighted by Gasteiger charge is -2.15. The average molecular weight is 473 g/mol. The molecule has 1 fully saturated rings. The van der Waals surface area contributed by atoms with Crippen LogP contribution in [0.1, 0.15) is 18.2 Å². The van der Waals surface area contributed by atoms with Crippen molar-refractivity contribution in [3.05, 3.63) is 41.7 Å². The Morgan fingerprint density at radius 2 is 1.91 bits per heavy atom. The Morgan fingerprint density at radius 1 is 1.16 bits per heavy atom. The molecule has 0 bridgehead atoms. The third-order valence-corrected chi connectivity index (χ3v) is 6.84. The van der Waals surface area contributed by atoms with Gasteiger partial charge in [-0.2, -0.15) is 0 Å². The predicted molar refractivity (Wildman–Crippen MR) is 122 cm³/mol. The number of benzene rings is 1. The van der Waals surface area contributed by atoms with Gasteiger partial charge in [-0.15, -0.1) is 0 Å². The zero-order chi connectivity index (χ0) is 22.5. The van der Waals surface area contributed by atoms with E-state index in [1.807, 2.05) is 6.92 Å². The van der Waals surface area contributed by atoms with E-state index in [2.05, 4.69) is 15.0 Å². The van der Waals surface area contributed by atoms with Gasteiger partial charge < -0.3 is 10.1 Å². The van der Waals surface area contributed by atoms with Crippen LogP contribution >= 0.6 is 11.3 Å². The molecule has 10 nitrogen and oxygen atoms in total. The fraction of sp³-hybridized carbons (Fsp3) is 0.300. The van der Waals surface area contributed by atoms with Gasteiger partial charge in [-0.25, -0.2) is 33.1 Å². The van der Waals surface area contributed by atoms with Crippen molar-refractivity contribution in [2.45, 2.75) is 25.8 Å². The third-order valence-electron chi connectivity index (χ3n) is 5.13. The van der Waals surface area contributed by atoms with Gasteiger partial charge in [0.15, 0.2) is 5.13 Å². The van der Waals surface area contributed by atoms with Crippen LogP contribution in [0.2, 0.25) is 0 Å². The smallest absolute Gasteiger partial charge is 0.416 e. The molecule has 2 aliphatic rings. The Morgan fingerprint density at radius 3 is 2.59 bits per heavy atom. The van der Waals surface area contributed by atoms with E-state index in [1.54, 1.807) is 35.4 Å². The number of carbonyl (C=O) groups excluding carboxylic acids is 1. The summed E-state index contributed by atoms with van der Waals surface area (Å²) in [5.74, 6) is 0.421. The van der Waals surface area contributed by atoms with Crippen LogP contribution in [0.3, 0.4) is 0 Å². The molecule has 1 amide bonds. The van der Waals surface area contributed by atoms with Crippen molar-refractivity contribution in [3.63, 3.8) is 0 Å². The molecule has 0 saturated carbocycles. The maximum atomic E-state index is 12.1. The number of aromatic nitrogens is 3. The lowest BCUT2D eigenvalue weighted by atomic mass is 10.00. The molecule has 2 N–H and O–H groups in total. The highest BCUT2D eigenvalue weighted by Gasteiger charge is 2.35. The average Bonchev–Trinajstić information content (AvgIpc) is 3.31. The predicted octanol–water partition coefficient (Wildman–Crippen LogP) is 3.16. The van der Waals surface area contributed by atoms with Crippen molar-refractivity contribution in [1.29, 1.82) is 0 Å². The van der Waals surface area contributed by atoms with Crippen LogP contribution in [0.4, 0.5) is 27.2 Å². The van der Waals surface area contributed by atoms with Gasteiger partial charge >= 0.3 is 6.09 Å². The van der Waals surface area contributed by atoms with Crippen LogP contribution in [0.15, 0.2) is 30.5 Å². The number of cyclic esters (lactones) is 1. The normalized spacial score (nSPS) is 17.5. The highest BCUT2D eigenvalue weighted by Crippen LogP contribution is 2.41. The Bertz CT molecular complexity index is 1310. The number of hydrogen-bond donors (Lipinski definition) is 2. The minimum atomic E-state index is -3.33. The minimum Gasteiger partial charge on any atom is -0.447 e. The number of nitrogens with zero attached hydrogens (tertiary/aromatic N) is 4. The van der Waals surface area contributed by atoms with E-state index in [1.165, 1.54) is 11.3 Å². The molecule has 1 aliphatic carbocycles. The van der Waals surface area contributed by atoms with E-state index in [-0.39, 0.29) is 12.1 Å². The SMILES string of the molecule is CC1COC(=O)N1c1nc2c(s1)-c1nc(Nc3ccc(NS(C)(=O)=O)cc3)ncc1CC2. The molecule has 5 rings (SSSR count). The number of aryl methyl sites for hydroxylation is 2. The van der Waals surface area contributed by atoms with Crippen molar-refractivity contribution in [2.24, 2.45) is 0 Å². The summed E-state index contributed by atoms with van der Waals surface area (Å²) in [5, 5.41) is 3.78. The Balaban J connectivity index is 1.41. The molecule has 1 atom stereocenters. The van der Waals surface area contributed by atoms with E-state index in [4.69, 9.17) is 14.7 Å². The van der Waals surface area contributed by atoms with Gasteiger partial charge in [0.2, 0.25) is 16.0 Å². The standard InChI is InChI=1S/C20H20N6O4S2/c1-11-10-30-20(27)26(11)19-23-15-8-3-12-9-21-18(24-16(12)17(15)31-19)22-13-4-6-14(7-5-13)25-32(2,28)29/h4-7,9,11,25H,3,8,10H2,1-2H3,(H,21,22,24). The van der Waals surface area contributed by atoms with Crippen LogP contribution in [0.5, 0.6) is 0 Å². The maximum absolute atomic E-state index is 12.1. The fourth-order valence-electron chi connectivity index (χ4n) is 3.64. The van der Waals surface area contributed by atoms with Gasteiger partial charge in [0.25, 0.3) is 0 Å². The number of thiazole rings is 1. The Hall–Kier alpha value is -3.25. The summed E-state index contributed by atoms with van der Waals surface area (Å²) in [6, 6.07) is 6.74. The summed E-state index contributed by atoms with van der Waals surface area (Å²) in [7, 11) is -3.33. The number of anilines is 4. The number of fused-ring (bicyclic) bond motifs is 3. The van der Waals surface area contributed by atoms with Crippen LogP contribution in [-0.4, -0.2) is 48.4 Å². The molecule has 1 saturated heterocycles. The Kier molecular flexibility index (Phi) is 4.97. The summed E-state index contributed by atoms with van der Waals surface area (Å²) in [6.45, 7) is 2.29. The molecule has 3 aromatic rings. The third kappa shape index (κ3) is 3.98. The molecule has 3 heterocycles. The largest absolute Gasteiger partial charge is 0.447 e. The molecular weight excluding hydrogens is 452 g/mol. The number of sulfonamides is 1. The summed E-state index contributed by atoms with van der Waals surface area (Å²) < 4.78 is 30.3. The van der Waals surface area contributed by atoms with Crippen LogP contribution in [0, 0.1) is 0 Å². The quantitative estimate of drug-likeness (QED) is 0.580. The van der Waals surface area contributed by atoms with Gasteiger partial charge in [0, 0.05) is 17.6 Å². The molecule has 12 heteroatoms. The van der Waals surface area contributed by atoms with Crippen molar-refractivity contribution >= 4 is 49.9 Å². The number of ether oxygens (including phenoxy) is 1. The van der Waals surface area contributed by atoms with E-state index in [0.717, 1.165) is 46.6 Å². The van der Waals surface area contributed by atoms with Crippen LogP contribution < -0.4 is 14.9 Å². The van der Waals surface area contributed by atoms with E-state index < -0.39 is 10.0 Å². The first-order valence-electron chi connectivity index (χ1n) is 9.94. The van der Waals surface area contributed by atoms with E-state index in [0.29, 0.717) is 23.4 Å². The summed E-state index contributed by atoms with van der Waals surface area (Å²) >= 11 is 1.44. The molecule has 0 spiro atoms. The van der Waals surface area contributed by atoms with E-state index in [9.17, 15) is 13.2 Å². The van der Waals surface area contributed by atoms with E-state index >= 15 is 0 Å². The minimum absolute atomic E-state index is 0.0580. The van der Waals surface area contributed by atoms with Gasteiger partial charge in [-0.05, 0) is 49.6 Å². The van der Waals surface area contributed by atoms with Crippen molar-refractivity contribution in [3.8, 4) is 10.6 Å². The molecule has 1 aromatic carbocycles. The lowest BCUT2D eigenvalue weighted by molar-refractivity contribution is 0.179. The second-order valence-electron chi connectivity index (χ2n) is 7.71. The molecule has 0 radical (unpaired) electrons. The zero-order valence-corrected chi connectivity index (χ0v) is 19.0. The number of carbonyl (C=O) groups is 1. The van der Waals surface area contributed by atoms with Crippen LogP contribution in [-0.2, 0) is 27.6 Å². The fourth-order valence-corrected chi connectivity index (χ4v) is 5.44. The monoisotopic (exact) mass is 472 g/mol. The first kappa shape index (κ1) is 20.6. The number of amides is 1. The molecule has 2 aromatic heterocycles. The second kappa shape index (κ2) is 7.71. The van der Waals surface area contributed by atoms with Crippen LogP contribution in [0.25, 0.3) is 10.6 Å². The van der Waals surface area contributed by atoms with Crippen molar-refractivity contribution in [1.82, 2.24) is 15.0 Å². The number of nitrogens with one attached hydrogen (secondary N) is 2. The highest BCUT2D eigenvalue weighted by atomic mass is 32.2. The number of rotatable bonds is 5. The Labute approximate surface area is 188 Å². The first-order chi connectivity index (χ1) is 15.3. The lowest BCUT2D eigenvalue weighted by Crippen LogP contribution is -2.30. The molecule has 1 aliphatic heterocycles. The van der Waals surface area contributed by atoms with Crippen molar-refractivity contribution in [2.75, 3.05) is 27.8 Å².